The molecule has 0 saturated heterocycles. The lowest BCUT2D eigenvalue weighted by molar-refractivity contribution is 0.471. The van der Waals surface area contributed by atoms with Crippen LogP contribution in [0.1, 0.15) is 31.9 Å². The first kappa shape index (κ1) is 13.5. The molecule has 0 aromatic carbocycles. The highest BCUT2D eigenvalue weighted by atomic mass is 32.2. The van der Waals surface area contributed by atoms with E-state index in [1.807, 2.05) is 18.7 Å². The Morgan fingerprint density at radius 2 is 2.25 bits per heavy atom. The molecule has 0 aliphatic carbocycles. The van der Waals surface area contributed by atoms with Gasteiger partial charge in [-0.1, -0.05) is 6.92 Å². The minimum Gasteiger partial charge on any atom is -0.307 e. The molecule has 90 valence electrons. The highest BCUT2D eigenvalue weighted by Crippen LogP contribution is 2.14. The van der Waals surface area contributed by atoms with Crippen molar-refractivity contribution in [2.24, 2.45) is 0 Å². The molecular formula is C12H19FN2S. The van der Waals surface area contributed by atoms with Crippen molar-refractivity contribution in [2.75, 3.05) is 12.0 Å². The molecule has 1 heterocycles. The molecule has 1 N–H and O–H groups in total. The van der Waals surface area contributed by atoms with E-state index in [0.717, 1.165) is 17.7 Å². The molecule has 0 saturated carbocycles. The number of nitrogens with zero attached hydrogens (tertiary/aromatic N) is 1. The van der Waals surface area contributed by atoms with Crippen LogP contribution in [0.2, 0.25) is 0 Å². The molecule has 1 aromatic rings. The van der Waals surface area contributed by atoms with E-state index < -0.39 is 0 Å². The zero-order valence-electron chi connectivity index (χ0n) is 10.0. The van der Waals surface area contributed by atoms with Crippen molar-refractivity contribution in [1.29, 1.82) is 0 Å². The molecule has 1 rings (SSSR count). The number of hydrogen-bond acceptors (Lipinski definition) is 3. The molecule has 0 aliphatic rings. The van der Waals surface area contributed by atoms with Gasteiger partial charge in [0.2, 0.25) is 0 Å². The summed E-state index contributed by atoms with van der Waals surface area (Å²) in [4.78, 5) is 3.86. The maximum Gasteiger partial charge on any atom is 0.141 e. The zero-order chi connectivity index (χ0) is 12.0. The minimum atomic E-state index is -0.274. The molecule has 0 amide bonds. The highest BCUT2D eigenvalue weighted by Gasteiger charge is 2.12. The van der Waals surface area contributed by atoms with Crippen LogP contribution in [0.15, 0.2) is 18.5 Å². The van der Waals surface area contributed by atoms with Crippen molar-refractivity contribution in [3.63, 3.8) is 0 Å². The number of halogens is 1. The predicted octanol–water partition coefficient (Wildman–Crippen LogP) is 3.01. The Balaban J connectivity index is 2.60. The van der Waals surface area contributed by atoms with Crippen LogP contribution in [0.25, 0.3) is 0 Å². The molecule has 1 aromatic heterocycles. The Labute approximate surface area is 101 Å². The van der Waals surface area contributed by atoms with Crippen LogP contribution in [0.4, 0.5) is 4.39 Å². The average Bonchev–Trinajstić information content (AvgIpc) is 2.28. The number of hydrogen-bond donors (Lipinski definition) is 1. The van der Waals surface area contributed by atoms with Crippen molar-refractivity contribution in [3.8, 4) is 0 Å². The van der Waals surface area contributed by atoms with Gasteiger partial charge in [0.25, 0.3) is 0 Å². The van der Waals surface area contributed by atoms with E-state index in [1.165, 1.54) is 12.3 Å². The van der Waals surface area contributed by atoms with Crippen LogP contribution in [0, 0.1) is 5.82 Å². The lowest BCUT2D eigenvalue weighted by atomic mass is 10.1. The summed E-state index contributed by atoms with van der Waals surface area (Å²) < 4.78 is 13.0. The summed E-state index contributed by atoms with van der Waals surface area (Å²) in [7, 11) is 0. The predicted molar refractivity (Wildman–Crippen MR) is 68.2 cm³/mol. The second-order valence-corrected chi connectivity index (χ2v) is 4.80. The summed E-state index contributed by atoms with van der Waals surface area (Å²) in [5.41, 5.74) is 0.902. The van der Waals surface area contributed by atoms with Crippen LogP contribution in [0.5, 0.6) is 0 Å². The average molecular weight is 242 g/mol. The zero-order valence-corrected chi connectivity index (χ0v) is 10.9. The number of thioether (sulfide) groups is 1. The first-order valence-corrected chi connectivity index (χ1v) is 6.92. The van der Waals surface area contributed by atoms with Gasteiger partial charge in [-0.25, -0.2) is 4.39 Å². The summed E-state index contributed by atoms with van der Waals surface area (Å²) in [6.07, 6.45) is 6.12. The molecule has 0 bridgehead atoms. The Hall–Kier alpha value is -0.610. The van der Waals surface area contributed by atoms with Gasteiger partial charge in [-0.2, -0.15) is 11.8 Å². The molecule has 0 fully saturated rings. The number of nitrogens with one attached hydrogen (secondary N) is 1. The van der Waals surface area contributed by atoms with Gasteiger partial charge in [0.15, 0.2) is 0 Å². The fourth-order valence-electron chi connectivity index (χ4n) is 1.60. The summed E-state index contributed by atoms with van der Waals surface area (Å²) in [6.45, 7) is 4.20. The third kappa shape index (κ3) is 4.10. The van der Waals surface area contributed by atoms with Gasteiger partial charge in [-0.3, -0.25) is 4.98 Å². The molecule has 0 spiro atoms. The summed E-state index contributed by atoms with van der Waals surface area (Å²) in [5, 5.41) is 3.48. The maximum atomic E-state index is 13.0. The van der Waals surface area contributed by atoms with E-state index in [4.69, 9.17) is 0 Å². The summed E-state index contributed by atoms with van der Waals surface area (Å²) in [5.74, 6) is 0.799. The van der Waals surface area contributed by atoms with E-state index in [9.17, 15) is 4.39 Å². The Morgan fingerprint density at radius 3 is 2.81 bits per heavy atom. The Morgan fingerprint density at radius 1 is 1.50 bits per heavy atom. The van der Waals surface area contributed by atoms with Gasteiger partial charge in [0.1, 0.15) is 5.82 Å². The first-order valence-electron chi connectivity index (χ1n) is 5.52. The number of rotatable bonds is 6. The fourth-order valence-corrected chi connectivity index (χ4v) is 2.33. The van der Waals surface area contributed by atoms with Crippen molar-refractivity contribution in [2.45, 2.75) is 32.4 Å². The van der Waals surface area contributed by atoms with Gasteiger partial charge in [0, 0.05) is 24.0 Å². The quantitative estimate of drug-likeness (QED) is 0.830. The third-order valence-corrected chi connectivity index (χ3v) is 3.31. The minimum absolute atomic E-state index is 0.139. The first-order chi connectivity index (χ1) is 7.67. The van der Waals surface area contributed by atoms with Crippen molar-refractivity contribution in [1.82, 2.24) is 10.3 Å². The van der Waals surface area contributed by atoms with E-state index in [-0.39, 0.29) is 11.9 Å². The molecule has 4 heteroatoms. The monoisotopic (exact) mass is 242 g/mol. The molecule has 16 heavy (non-hydrogen) atoms. The van der Waals surface area contributed by atoms with Crippen LogP contribution < -0.4 is 5.32 Å². The van der Waals surface area contributed by atoms with Crippen LogP contribution in [0.3, 0.4) is 0 Å². The van der Waals surface area contributed by atoms with Crippen molar-refractivity contribution >= 4 is 11.8 Å². The molecule has 0 radical (unpaired) electrons. The Bertz CT molecular complexity index is 320. The van der Waals surface area contributed by atoms with E-state index in [2.05, 4.69) is 23.5 Å². The molecule has 2 nitrogen and oxygen atoms in total. The summed E-state index contributed by atoms with van der Waals surface area (Å²) in [6, 6.07) is 2.14. The van der Waals surface area contributed by atoms with Crippen LogP contribution in [-0.2, 0) is 0 Å². The van der Waals surface area contributed by atoms with E-state index >= 15 is 0 Å². The SMILES string of the molecule is CCC(CSC)NC(C)c1cncc(F)c1. The lowest BCUT2D eigenvalue weighted by Crippen LogP contribution is -2.33. The normalized spacial score (nSPS) is 14.8. The van der Waals surface area contributed by atoms with E-state index in [0.29, 0.717) is 6.04 Å². The fraction of sp³-hybridized carbons (Fsp3) is 0.583. The number of pyridine rings is 1. The lowest BCUT2D eigenvalue weighted by Gasteiger charge is -2.21. The van der Waals surface area contributed by atoms with E-state index in [1.54, 1.807) is 6.20 Å². The molecular weight excluding hydrogens is 223 g/mol. The number of aromatic nitrogens is 1. The standard InChI is InChI=1S/C12H19FN2S/c1-4-12(8-16-3)15-9(2)10-5-11(13)7-14-6-10/h5-7,9,12,15H,4,8H2,1-3H3. The second kappa shape index (κ2) is 6.86. The topological polar surface area (TPSA) is 24.9 Å². The van der Waals surface area contributed by atoms with Crippen molar-refractivity contribution in [3.05, 3.63) is 29.8 Å². The molecule has 2 atom stereocenters. The smallest absolute Gasteiger partial charge is 0.141 e. The van der Waals surface area contributed by atoms with Crippen molar-refractivity contribution < 1.29 is 4.39 Å². The molecule has 0 aliphatic heterocycles. The van der Waals surface area contributed by atoms with Crippen LogP contribution >= 0.6 is 11.8 Å². The van der Waals surface area contributed by atoms with Gasteiger partial charge < -0.3 is 5.32 Å². The second-order valence-electron chi connectivity index (χ2n) is 3.89. The van der Waals surface area contributed by atoms with Gasteiger partial charge in [-0.05, 0) is 31.2 Å². The molecule has 2 unspecified atom stereocenters. The van der Waals surface area contributed by atoms with Gasteiger partial charge in [-0.15, -0.1) is 0 Å². The largest absolute Gasteiger partial charge is 0.307 e. The summed E-state index contributed by atoms with van der Waals surface area (Å²) >= 11 is 1.82. The maximum absolute atomic E-state index is 13.0. The van der Waals surface area contributed by atoms with Gasteiger partial charge >= 0.3 is 0 Å². The third-order valence-electron chi connectivity index (χ3n) is 2.57. The van der Waals surface area contributed by atoms with Crippen LogP contribution in [-0.4, -0.2) is 23.0 Å². The van der Waals surface area contributed by atoms with Gasteiger partial charge in [0.05, 0.1) is 6.20 Å². The highest BCUT2D eigenvalue weighted by molar-refractivity contribution is 7.98. The Kier molecular flexibility index (Phi) is 5.77.